The molecule has 7 nitrogen and oxygen atoms in total. The maximum absolute atomic E-state index is 13.9. The summed E-state index contributed by atoms with van der Waals surface area (Å²) in [5.74, 6) is -0.150. The molecule has 0 aliphatic heterocycles. The Balaban J connectivity index is 0.00000176. The molecule has 3 aromatic rings. The summed E-state index contributed by atoms with van der Waals surface area (Å²) in [6.45, 7) is 13.6. The molecular formula is C24H33FN4O3. The Labute approximate surface area is 188 Å². The van der Waals surface area contributed by atoms with Crippen molar-refractivity contribution in [3.05, 3.63) is 64.1 Å². The highest BCUT2D eigenvalue weighted by Gasteiger charge is 2.24. The van der Waals surface area contributed by atoms with Gasteiger partial charge in [0.15, 0.2) is 5.82 Å². The van der Waals surface area contributed by atoms with E-state index in [0.717, 1.165) is 5.56 Å². The van der Waals surface area contributed by atoms with E-state index in [9.17, 15) is 14.0 Å². The second-order valence-electron chi connectivity index (χ2n) is 8.23. The fourth-order valence-electron chi connectivity index (χ4n) is 3.24. The molecule has 1 aromatic carbocycles. The molecule has 2 heterocycles. The number of halogens is 1. The number of aromatic nitrogens is 3. The Morgan fingerprint density at radius 2 is 1.91 bits per heavy atom. The number of fused-ring (bicyclic) bond motifs is 1. The van der Waals surface area contributed by atoms with Gasteiger partial charge < -0.3 is 9.64 Å². The van der Waals surface area contributed by atoms with Gasteiger partial charge in [0.1, 0.15) is 16.9 Å². The second-order valence-corrected chi connectivity index (χ2v) is 8.23. The Bertz CT molecular complexity index is 1130. The van der Waals surface area contributed by atoms with Gasteiger partial charge in [-0.15, -0.1) is 0 Å². The normalized spacial score (nSPS) is 11.1. The topological polar surface area (TPSA) is 68.8 Å². The third-order valence-electron chi connectivity index (χ3n) is 4.50. The maximum Gasteiger partial charge on any atom is 0.410 e. The smallest absolute Gasteiger partial charge is 0.410 e. The lowest BCUT2D eigenvalue weighted by Gasteiger charge is -2.27. The Morgan fingerprint density at radius 3 is 2.50 bits per heavy atom. The average Bonchev–Trinajstić information content (AvgIpc) is 3.09. The van der Waals surface area contributed by atoms with Crippen molar-refractivity contribution >= 4 is 11.6 Å². The first-order valence-corrected chi connectivity index (χ1v) is 10.9. The van der Waals surface area contributed by atoms with Gasteiger partial charge in [0.05, 0.1) is 12.2 Å². The number of carbonyl (C=O) groups is 1. The minimum Gasteiger partial charge on any atom is -0.444 e. The zero-order valence-electron chi connectivity index (χ0n) is 20.0. The van der Waals surface area contributed by atoms with Crippen LogP contribution < -0.4 is 5.56 Å². The van der Waals surface area contributed by atoms with E-state index >= 15 is 0 Å². The summed E-state index contributed by atoms with van der Waals surface area (Å²) in [6.07, 6.45) is 1.91. The summed E-state index contributed by atoms with van der Waals surface area (Å²) >= 11 is 0. The molecule has 0 aliphatic carbocycles. The number of aryl methyl sites for hydroxylation is 1. The maximum atomic E-state index is 13.9. The third kappa shape index (κ3) is 5.75. The summed E-state index contributed by atoms with van der Waals surface area (Å²) < 4.78 is 22.3. The lowest BCUT2D eigenvalue weighted by molar-refractivity contribution is 0.0226. The van der Waals surface area contributed by atoms with Crippen molar-refractivity contribution in [3.8, 4) is 5.69 Å². The van der Waals surface area contributed by atoms with Crippen LogP contribution in [0.15, 0.2) is 41.3 Å². The van der Waals surface area contributed by atoms with Crippen molar-refractivity contribution in [1.82, 2.24) is 19.1 Å². The number of rotatable bonds is 5. The Kier molecular flexibility index (Phi) is 8.19. The number of nitrogens with zero attached hydrogens (tertiary/aromatic N) is 4. The molecule has 0 unspecified atom stereocenters. The van der Waals surface area contributed by atoms with Gasteiger partial charge >= 0.3 is 6.09 Å². The van der Waals surface area contributed by atoms with Crippen LogP contribution in [0.5, 0.6) is 0 Å². The lowest BCUT2D eigenvalue weighted by atomic mass is 10.2. The summed E-state index contributed by atoms with van der Waals surface area (Å²) in [6, 6.07) is 7.56. The molecule has 1 amide bonds. The molecule has 174 valence electrons. The van der Waals surface area contributed by atoms with Crippen LogP contribution in [-0.2, 0) is 11.3 Å². The second kappa shape index (κ2) is 10.4. The molecule has 0 spiro atoms. The summed E-state index contributed by atoms with van der Waals surface area (Å²) in [4.78, 5) is 27.6. The molecule has 0 bridgehead atoms. The molecule has 2 aromatic heterocycles. The highest BCUT2D eigenvalue weighted by Crippen LogP contribution is 2.16. The summed E-state index contributed by atoms with van der Waals surface area (Å²) in [5, 5.41) is 4.57. The van der Waals surface area contributed by atoms with Gasteiger partial charge in [0, 0.05) is 12.7 Å². The van der Waals surface area contributed by atoms with Crippen molar-refractivity contribution in [2.24, 2.45) is 0 Å². The van der Waals surface area contributed by atoms with E-state index in [2.05, 4.69) is 5.10 Å². The van der Waals surface area contributed by atoms with E-state index in [0.29, 0.717) is 30.0 Å². The number of amides is 1. The number of benzene rings is 1. The van der Waals surface area contributed by atoms with E-state index in [1.807, 2.05) is 27.7 Å². The van der Waals surface area contributed by atoms with Crippen LogP contribution in [0.3, 0.4) is 0 Å². The van der Waals surface area contributed by atoms with Gasteiger partial charge in [-0.1, -0.05) is 26.8 Å². The molecule has 32 heavy (non-hydrogen) atoms. The summed E-state index contributed by atoms with van der Waals surface area (Å²) in [7, 11) is 0. The molecular weight excluding hydrogens is 411 g/mol. The molecule has 8 heteroatoms. The molecule has 0 radical (unpaired) electrons. The Hall–Kier alpha value is -3.16. The van der Waals surface area contributed by atoms with Gasteiger partial charge in [0.25, 0.3) is 5.56 Å². The van der Waals surface area contributed by atoms with Crippen LogP contribution in [0, 0.1) is 12.7 Å². The average molecular weight is 445 g/mol. The minimum atomic E-state index is -0.653. The highest BCUT2D eigenvalue weighted by molar-refractivity contribution is 5.68. The standard InChI is InChI=1S/C22H27FN4O3.C2H6/c1-6-11-25(21(29)30-22(3,4)5)14-18-24-26-12-10-15(2)19(26)20(28)27(18)17-9-7-8-16(23)13-17;1-2/h7-10,12-13H,6,11,14H2,1-5H3;1-2H3. The first kappa shape index (κ1) is 25.1. The van der Waals surface area contributed by atoms with Gasteiger partial charge in [-0.2, -0.15) is 5.10 Å². The van der Waals surface area contributed by atoms with Crippen LogP contribution in [0.1, 0.15) is 59.4 Å². The van der Waals surface area contributed by atoms with Gasteiger partial charge in [-0.3, -0.25) is 9.36 Å². The fraction of sp³-hybridized carbons (Fsp3) is 0.458. The van der Waals surface area contributed by atoms with Gasteiger partial charge in [-0.05, 0) is 63.9 Å². The van der Waals surface area contributed by atoms with Crippen LogP contribution in [0.25, 0.3) is 11.2 Å². The van der Waals surface area contributed by atoms with Gasteiger partial charge in [0.2, 0.25) is 0 Å². The molecule has 0 aliphatic rings. The number of ether oxygens (including phenoxy) is 1. The van der Waals surface area contributed by atoms with Crippen molar-refractivity contribution in [3.63, 3.8) is 0 Å². The van der Waals surface area contributed by atoms with Crippen molar-refractivity contribution in [2.75, 3.05) is 6.54 Å². The lowest BCUT2D eigenvalue weighted by Crippen LogP contribution is -2.39. The largest absolute Gasteiger partial charge is 0.444 e. The summed E-state index contributed by atoms with van der Waals surface area (Å²) in [5.41, 5.74) is 0.546. The zero-order valence-corrected chi connectivity index (χ0v) is 20.0. The molecule has 0 saturated heterocycles. The van der Waals surface area contributed by atoms with Gasteiger partial charge in [-0.25, -0.2) is 13.7 Å². The quantitative estimate of drug-likeness (QED) is 0.549. The third-order valence-corrected chi connectivity index (χ3v) is 4.50. The van der Waals surface area contributed by atoms with Crippen LogP contribution in [0.4, 0.5) is 9.18 Å². The first-order chi connectivity index (χ1) is 15.1. The predicted octanol–water partition coefficient (Wildman–Crippen LogP) is 5.11. The predicted molar refractivity (Wildman–Crippen MR) is 124 cm³/mol. The molecule has 0 fully saturated rings. The zero-order chi connectivity index (χ0) is 24.1. The van der Waals surface area contributed by atoms with E-state index in [-0.39, 0.29) is 12.1 Å². The molecule has 0 N–H and O–H groups in total. The van der Waals surface area contributed by atoms with Crippen molar-refractivity contribution < 1.29 is 13.9 Å². The molecule has 0 atom stereocenters. The van der Waals surface area contributed by atoms with E-state index in [1.54, 1.807) is 39.1 Å². The van der Waals surface area contributed by atoms with Crippen molar-refractivity contribution in [2.45, 2.75) is 67.0 Å². The molecule has 0 saturated carbocycles. The Morgan fingerprint density at radius 1 is 1.22 bits per heavy atom. The van der Waals surface area contributed by atoms with Crippen LogP contribution >= 0.6 is 0 Å². The van der Waals surface area contributed by atoms with E-state index in [4.69, 9.17) is 4.74 Å². The van der Waals surface area contributed by atoms with Crippen LogP contribution in [-0.4, -0.2) is 37.3 Å². The number of carbonyl (C=O) groups excluding carboxylic acids is 1. The first-order valence-electron chi connectivity index (χ1n) is 10.9. The fourth-order valence-corrected chi connectivity index (χ4v) is 3.24. The SMILES string of the molecule is CC.CCCN(Cc1nn2ccc(C)c2c(=O)n1-c1cccc(F)c1)C(=O)OC(C)(C)C. The highest BCUT2D eigenvalue weighted by atomic mass is 19.1. The van der Waals surface area contributed by atoms with E-state index in [1.165, 1.54) is 32.2 Å². The van der Waals surface area contributed by atoms with Crippen molar-refractivity contribution in [1.29, 1.82) is 0 Å². The van der Waals surface area contributed by atoms with E-state index < -0.39 is 17.5 Å². The van der Waals surface area contributed by atoms with Crippen LogP contribution in [0.2, 0.25) is 0 Å². The number of hydrogen-bond acceptors (Lipinski definition) is 4. The number of hydrogen-bond donors (Lipinski definition) is 0. The molecule has 3 rings (SSSR count). The minimum absolute atomic E-state index is 0.0433. The monoisotopic (exact) mass is 444 g/mol.